The molecule has 1 heterocycles. The second kappa shape index (κ2) is 5.96. The van der Waals surface area contributed by atoms with Gasteiger partial charge in [-0.05, 0) is 42.9 Å². The van der Waals surface area contributed by atoms with Gasteiger partial charge in [0.2, 0.25) is 5.91 Å². The molecule has 0 radical (unpaired) electrons. The molecule has 0 bridgehead atoms. The van der Waals surface area contributed by atoms with E-state index < -0.39 is 0 Å². The van der Waals surface area contributed by atoms with Crippen LogP contribution < -0.4 is 5.73 Å². The summed E-state index contributed by atoms with van der Waals surface area (Å²) in [5.74, 6) is -0.504. The van der Waals surface area contributed by atoms with Crippen LogP contribution in [0.15, 0.2) is 24.3 Å². The van der Waals surface area contributed by atoms with Crippen molar-refractivity contribution in [2.45, 2.75) is 25.2 Å². The molecule has 1 aromatic carbocycles. The first-order chi connectivity index (χ1) is 8.66. The lowest BCUT2D eigenvalue weighted by Crippen LogP contribution is -2.26. The highest BCUT2D eigenvalue weighted by atomic mass is 19.1. The summed E-state index contributed by atoms with van der Waals surface area (Å²) in [6.45, 7) is 1.50. The number of hydrogen-bond donors (Lipinski definition) is 1. The molecule has 2 N–H and O–H groups in total. The Bertz CT molecular complexity index is 399. The molecule has 1 aliphatic rings. The van der Waals surface area contributed by atoms with Crippen LogP contribution in [-0.4, -0.2) is 19.1 Å². The van der Waals surface area contributed by atoms with E-state index in [1.165, 1.54) is 12.1 Å². The molecule has 1 unspecified atom stereocenters. The van der Waals surface area contributed by atoms with Crippen molar-refractivity contribution < 1.29 is 13.9 Å². The number of nitrogens with two attached hydrogens (primary N) is 1. The fourth-order valence-corrected chi connectivity index (χ4v) is 2.43. The molecule has 0 aromatic heterocycles. The first kappa shape index (κ1) is 13.0. The highest BCUT2D eigenvalue weighted by molar-refractivity contribution is 5.81. The molecular formula is C14H18FNO2. The molecule has 1 aliphatic heterocycles. The van der Waals surface area contributed by atoms with Crippen LogP contribution in [0.25, 0.3) is 0 Å². The quantitative estimate of drug-likeness (QED) is 0.892. The SMILES string of the molecule is NC(=O)C(CC1CCOCC1)c1ccc(F)cc1. The Kier molecular flexibility index (Phi) is 4.31. The number of hydrogen-bond acceptors (Lipinski definition) is 2. The molecule has 1 saturated heterocycles. The van der Waals surface area contributed by atoms with Crippen LogP contribution in [0.2, 0.25) is 0 Å². The summed E-state index contributed by atoms with van der Waals surface area (Å²) in [6, 6.07) is 6.03. The smallest absolute Gasteiger partial charge is 0.224 e. The highest BCUT2D eigenvalue weighted by Crippen LogP contribution is 2.29. The maximum atomic E-state index is 12.9. The summed E-state index contributed by atoms with van der Waals surface area (Å²) in [5, 5.41) is 0. The van der Waals surface area contributed by atoms with Crippen molar-refractivity contribution in [1.82, 2.24) is 0 Å². The summed E-state index contributed by atoms with van der Waals surface area (Å²) in [4.78, 5) is 11.6. The van der Waals surface area contributed by atoms with Gasteiger partial charge in [0, 0.05) is 13.2 Å². The predicted molar refractivity (Wildman–Crippen MR) is 66.5 cm³/mol. The van der Waals surface area contributed by atoms with Crippen molar-refractivity contribution in [2.24, 2.45) is 11.7 Å². The van der Waals surface area contributed by atoms with Crippen molar-refractivity contribution in [3.63, 3.8) is 0 Å². The van der Waals surface area contributed by atoms with Gasteiger partial charge in [-0.25, -0.2) is 4.39 Å². The number of benzene rings is 1. The van der Waals surface area contributed by atoms with Crippen molar-refractivity contribution >= 4 is 5.91 Å². The zero-order valence-electron chi connectivity index (χ0n) is 10.3. The minimum Gasteiger partial charge on any atom is -0.381 e. The Labute approximate surface area is 106 Å². The van der Waals surface area contributed by atoms with E-state index in [0.29, 0.717) is 5.92 Å². The summed E-state index contributed by atoms with van der Waals surface area (Å²) < 4.78 is 18.2. The van der Waals surface area contributed by atoms with Gasteiger partial charge in [0.15, 0.2) is 0 Å². The van der Waals surface area contributed by atoms with Gasteiger partial charge in [-0.2, -0.15) is 0 Å². The first-order valence-electron chi connectivity index (χ1n) is 6.29. The number of halogens is 1. The zero-order chi connectivity index (χ0) is 13.0. The summed E-state index contributed by atoms with van der Waals surface area (Å²) in [5.41, 5.74) is 6.26. The van der Waals surface area contributed by atoms with E-state index in [2.05, 4.69) is 0 Å². The van der Waals surface area contributed by atoms with Crippen LogP contribution in [0, 0.1) is 11.7 Å². The summed E-state index contributed by atoms with van der Waals surface area (Å²) in [6.07, 6.45) is 2.65. The molecule has 4 heteroatoms. The minimum absolute atomic E-state index is 0.298. The normalized spacial score (nSPS) is 18.5. The molecule has 0 spiro atoms. The Morgan fingerprint density at radius 3 is 2.50 bits per heavy atom. The van der Waals surface area contributed by atoms with E-state index in [0.717, 1.165) is 38.0 Å². The molecule has 2 rings (SSSR count). The van der Waals surface area contributed by atoms with Gasteiger partial charge in [-0.1, -0.05) is 12.1 Å². The van der Waals surface area contributed by atoms with Gasteiger partial charge in [-0.3, -0.25) is 4.79 Å². The monoisotopic (exact) mass is 251 g/mol. The molecule has 1 fully saturated rings. The van der Waals surface area contributed by atoms with Gasteiger partial charge in [0.05, 0.1) is 5.92 Å². The van der Waals surface area contributed by atoms with E-state index in [9.17, 15) is 9.18 Å². The number of carbonyl (C=O) groups is 1. The standard InChI is InChI=1S/C14H18FNO2/c15-12-3-1-11(2-4-12)13(14(16)17)9-10-5-7-18-8-6-10/h1-4,10,13H,5-9H2,(H2,16,17). The predicted octanol–water partition coefficient (Wildman–Crippen LogP) is 2.21. The summed E-state index contributed by atoms with van der Waals surface area (Å²) in [7, 11) is 0. The van der Waals surface area contributed by atoms with Crippen molar-refractivity contribution in [1.29, 1.82) is 0 Å². The topological polar surface area (TPSA) is 52.3 Å². The number of carbonyl (C=O) groups excluding carboxylic acids is 1. The van der Waals surface area contributed by atoms with E-state index in [4.69, 9.17) is 10.5 Å². The Hall–Kier alpha value is -1.42. The molecule has 3 nitrogen and oxygen atoms in total. The molecule has 1 amide bonds. The second-order valence-electron chi connectivity index (χ2n) is 4.80. The average Bonchev–Trinajstić information content (AvgIpc) is 2.38. The van der Waals surface area contributed by atoms with Crippen LogP contribution in [0.3, 0.4) is 0 Å². The number of rotatable bonds is 4. The fraction of sp³-hybridized carbons (Fsp3) is 0.500. The summed E-state index contributed by atoms with van der Waals surface area (Å²) >= 11 is 0. The van der Waals surface area contributed by atoms with Crippen molar-refractivity contribution in [3.8, 4) is 0 Å². The van der Waals surface area contributed by atoms with Crippen LogP contribution in [0.4, 0.5) is 4.39 Å². The molecule has 98 valence electrons. The Balaban J connectivity index is 2.07. The third kappa shape index (κ3) is 3.29. The van der Waals surface area contributed by atoms with Crippen LogP contribution >= 0.6 is 0 Å². The number of amides is 1. The van der Waals surface area contributed by atoms with Crippen LogP contribution in [-0.2, 0) is 9.53 Å². The lowest BCUT2D eigenvalue weighted by Gasteiger charge is -2.25. The minimum atomic E-state index is -0.340. The molecular weight excluding hydrogens is 233 g/mol. The first-order valence-corrected chi connectivity index (χ1v) is 6.29. The molecule has 0 saturated carbocycles. The zero-order valence-corrected chi connectivity index (χ0v) is 10.3. The molecule has 1 aromatic rings. The molecule has 0 aliphatic carbocycles. The van der Waals surface area contributed by atoms with Crippen molar-refractivity contribution in [3.05, 3.63) is 35.6 Å². The van der Waals surface area contributed by atoms with E-state index >= 15 is 0 Å². The fourth-order valence-electron chi connectivity index (χ4n) is 2.43. The van der Waals surface area contributed by atoms with E-state index in [1.54, 1.807) is 12.1 Å². The average molecular weight is 251 g/mol. The number of ether oxygens (including phenoxy) is 1. The largest absolute Gasteiger partial charge is 0.381 e. The van der Waals surface area contributed by atoms with Gasteiger partial charge in [-0.15, -0.1) is 0 Å². The lowest BCUT2D eigenvalue weighted by atomic mass is 9.84. The Morgan fingerprint density at radius 2 is 1.94 bits per heavy atom. The lowest BCUT2D eigenvalue weighted by molar-refractivity contribution is -0.120. The maximum Gasteiger partial charge on any atom is 0.224 e. The van der Waals surface area contributed by atoms with Crippen LogP contribution in [0.1, 0.15) is 30.7 Å². The van der Waals surface area contributed by atoms with Crippen LogP contribution in [0.5, 0.6) is 0 Å². The maximum absolute atomic E-state index is 12.9. The third-order valence-corrected chi connectivity index (χ3v) is 3.53. The van der Waals surface area contributed by atoms with E-state index in [1.807, 2.05) is 0 Å². The second-order valence-corrected chi connectivity index (χ2v) is 4.80. The Morgan fingerprint density at radius 1 is 1.33 bits per heavy atom. The molecule has 18 heavy (non-hydrogen) atoms. The highest BCUT2D eigenvalue weighted by Gasteiger charge is 2.24. The van der Waals surface area contributed by atoms with Crippen molar-refractivity contribution in [2.75, 3.05) is 13.2 Å². The third-order valence-electron chi connectivity index (χ3n) is 3.53. The van der Waals surface area contributed by atoms with Gasteiger partial charge >= 0.3 is 0 Å². The van der Waals surface area contributed by atoms with Gasteiger partial charge in [0.1, 0.15) is 5.82 Å². The van der Waals surface area contributed by atoms with Gasteiger partial charge in [0.25, 0.3) is 0 Å². The number of primary amides is 1. The van der Waals surface area contributed by atoms with E-state index in [-0.39, 0.29) is 17.6 Å². The molecule has 1 atom stereocenters. The van der Waals surface area contributed by atoms with Gasteiger partial charge < -0.3 is 10.5 Å².